The van der Waals surface area contributed by atoms with Crippen LogP contribution in [0.3, 0.4) is 0 Å². The molecule has 134 valence electrons. The van der Waals surface area contributed by atoms with Gasteiger partial charge in [-0.2, -0.15) is 0 Å². The van der Waals surface area contributed by atoms with Crippen molar-refractivity contribution in [2.45, 2.75) is 43.5 Å². The molecule has 2 rings (SSSR count). The molecule has 1 aromatic carbocycles. The quantitative estimate of drug-likeness (QED) is 0.599. The molecule has 1 N–H and O–H groups in total. The van der Waals surface area contributed by atoms with E-state index in [9.17, 15) is 13.2 Å². The number of rotatable bonds is 7. The second kappa shape index (κ2) is 8.60. The fourth-order valence-corrected chi connectivity index (χ4v) is 4.09. The van der Waals surface area contributed by atoms with Gasteiger partial charge in [0.1, 0.15) is 0 Å². The number of hydrogen-bond donors (Lipinski definition) is 1. The zero-order valence-corrected chi connectivity index (χ0v) is 15.1. The fraction of sp³-hybridized carbons (Fsp3) is 0.588. The number of piperidine rings is 1. The smallest absolute Gasteiger partial charge is 0.337 e. The highest BCUT2D eigenvalue weighted by atomic mass is 32.2. The third-order valence-electron chi connectivity index (χ3n) is 4.42. The molecule has 1 aliphatic heterocycles. The van der Waals surface area contributed by atoms with E-state index >= 15 is 0 Å². The summed E-state index contributed by atoms with van der Waals surface area (Å²) in [5, 5.41) is 0. The minimum atomic E-state index is -3.62. The Kier molecular flexibility index (Phi) is 6.77. The molecule has 1 saturated heterocycles. The third-order valence-corrected chi connectivity index (χ3v) is 5.88. The van der Waals surface area contributed by atoms with Gasteiger partial charge in [-0.25, -0.2) is 17.9 Å². The lowest BCUT2D eigenvalue weighted by Crippen LogP contribution is -2.39. The van der Waals surface area contributed by atoms with E-state index in [2.05, 4.69) is 21.3 Å². The summed E-state index contributed by atoms with van der Waals surface area (Å²) in [5.41, 5.74) is 0.225. The van der Waals surface area contributed by atoms with E-state index in [1.165, 1.54) is 50.6 Å². The summed E-state index contributed by atoms with van der Waals surface area (Å²) in [6.07, 6.45) is 4.48. The van der Waals surface area contributed by atoms with Crippen LogP contribution >= 0.6 is 0 Å². The lowest BCUT2D eigenvalue weighted by atomic mass is 10.0. The molecule has 0 aromatic heterocycles. The summed E-state index contributed by atoms with van der Waals surface area (Å²) in [7, 11) is -2.35. The van der Waals surface area contributed by atoms with Gasteiger partial charge in [-0.15, -0.1) is 0 Å². The molecule has 0 radical (unpaired) electrons. The van der Waals surface area contributed by atoms with Gasteiger partial charge in [-0.05, 0) is 57.5 Å². The van der Waals surface area contributed by atoms with E-state index in [1.54, 1.807) is 0 Å². The fourth-order valence-electron chi connectivity index (χ4n) is 2.97. The van der Waals surface area contributed by atoms with E-state index < -0.39 is 16.0 Å². The Bertz CT molecular complexity index is 660. The van der Waals surface area contributed by atoms with Crippen molar-refractivity contribution in [3.05, 3.63) is 29.8 Å². The second-order valence-corrected chi connectivity index (χ2v) is 7.92. The molecule has 1 fully saturated rings. The average Bonchev–Trinajstić information content (AvgIpc) is 2.59. The van der Waals surface area contributed by atoms with Gasteiger partial charge in [0, 0.05) is 12.6 Å². The highest BCUT2D eigenvalue weighted by molar-refractivity contribution is 7.89. The van der Waals surface area contributed by atoms with Gasteiger partial charge in [0.2, 0.25) is 10.0 Å². The Hall–Kier alpha value is -1.44. The molecule has 1 unspecified atom stereocenters. The highest BCUT2D eigenvalue weighted by Crippen LogP contribution is 2.16. The number of benzene rings is 1. The molecule has 24 heavy (non-hydrogen) atoms. The summed E-state index contributed by atoms with van der Waals surface area (Å²) in [6.45, 7) is 4.59. The first-order chi connectivity index (χ1) is 11.4. The van der Waals surface area contributed by atoms with E-state index in [4.69, 9.17) is 0 Å². The number of sulfonamides is 1. The molecule has 6 nitrogen and oxygen atoms in total. The summed E-state index contributed by atoms with van der Waals surface area (Å²) in [4.78, 5) is 14.0. The largest absolute Gasteiger partial charge is 0.465 e. The van der Waals surface area contributed by atoms with Crippen LogP contribution in [0.4, 0.5) is 0 Å². The zero-order chi connectivity index (χ0) is 17.6. The normalized spacial score (nSPS) is 19.2. The Balaban J connectivity index is 1.88. The number of nitrogens with zero attached hydrogens (tertiary/aromatic N) is 1. The first kappa shape index (κ1) is 18.9. The molecule has 1 heterocycles. The van der Waals surface area contributed by atoms with E-state index in [0.717, 1.165) is 19.5 Å². The standard InChI is InChI=1S/C17H26N2O4S/c1-14-7-3-4-11-19(14)12-6-10-18-24(21,22)16-9-5-8-15(13-16)17(20)23-2/h5,8-9,13-14,18H,3-4,6-7,10-12H2,1-2H3. The molecular formula is C17H26N2O4S. The molecule has 0 saturated carbocycles. The predicted octanol–water partition coefficient (Wildman–Crippen LogP) is 2.02. The van der Waals surface area contributed by atoms with Crippen molar-refractivity contribution in [2.24, 2.45) is 0 Å². The van der Waals surface area contributed by atoms with Gasteiger partial charge < -0.3 is 9.64 Å². The predicted molar refractivity (Wildman–Crippen MR) is 92.5 cm³/mol. The van der Waals surface area contributed by atoms with Crippen molar-refractivity contribution < 1.29 is 17.9 Å². The van der Waals surface area contributed by atoms with Gasteiger partial charge in [-0.3, -0.25) is 0 Å². The average molecular weight is 354 g/mol. The van der Waals surface area contributed by atoms with E-state index in [0.29, 0.717) is 12.6 Å². The molecular weight excluding hydrogens is 328 g/mol. The van der Waals surface area contributed by atoms with Crippen LogP contribution in [0.2, 0.25) is 0 Å². The van der Waals surface area contributed by atoms with Crippen LogP contribution in [0.15, 0.2) is 29.2 Å². The minimum Gasteiger partial charge on any atom is -0.465 e. The summed E-state index contributed by atoms with van der Waals surface area (Å²) < 4.78 is 31.9. The summed E-state index contributed by atoms with van der Waals surface area (Å²) >= 11 is 0. The van der Waals surface area contributed by atoms with Crippen molar-refractivity contribution in [3.8, 4) is 0 Å². The van der Waals surface area contributed by atoms with Crippen molar-refractivity contribution in [1.29, 1.82) is 0 Å². The van der Waals surface area contributed by atoms with E-state index in [1.807, 2.05) is 0 Å². The van der Waals surface area contributed by atoms with Gasteiger partial charge in [-0.1, -0.05) is 12.5 Å². The molecule has 0 bridgehead atoms. The number of carbonyl (C=O) groups excluding carboxylic acids is 1. The Labute approximate surface area is 144 Å². The SMILES string of the molecule is COC(=O)c1cccc(S(=O)(=O)NCCCN2CCCCC2C)c1. The minimum absolute atomic E-state index is 0.0803. The van der Waals surface area contributed by atoms with Crippen molar-refractivity contribution >= 4 is 16.0 Å². The Morgan fingerprint density at radius 2 is 2.17 bits per heavy atom. The van der Waals surface area contributed by atoms with Crippen molar-refractivity contribution in [1.82, 2.24) is 9.62 Å². The number of carbonyl (C=O) groups is 1. The number of esters is 1. The van der Waals surface area contributed by atoms with Crippen LogP contribution in [-0.4, -0.2) is 52.1 Å². The topological polar surface area (TPSA) is 75.7 Å². The lowest BCUT2D eigenvalue weighted by Gasteiger charge is -2.33. The maximum Gasteiger partial charge on any atom is 0.337 e. The number of methoxy groups -OCH3 is 1. The first-order valence-corrected chi connectivity index (χ1v) is 9.84. The van der Waals surface area contributed by atoms with Crippen molar-refractivity contribution in [3.63, 3.8) is 0 Å². The van der Waals surface area contributed by atoms with Crippen LogP contribution in [-0.2, 0) is 14.8 Å². The molecule has 0 aliphatic carbocycles. The monoisotopic (exact) mass is 354 g/mol. The maximum atomic E-state index is 12.3. The Morgan fingerprint density at radius 1 is 1.38 bits per heavy atom. The second-order valence-electron chi connectivity index (χ2n) is 6.15. The van der Waals surface area contributed by atoms with Crippen LogP contribution in [0, 0.1) is 0 Å². The zero-order valence-electron chi connectivity index (χ0n) is 14.3. The molecule has 0 amide bonds. The van der Waals surface area contributed by atoms with Crippen LogP contribution < -0.4 is 4.72 Å². The number of likely N-dealkylation sites (tertiary alicyclic amines) is 1. The number of ether oxygens (including phenoxy) is 1. The third kappa shape index (κ3) is 5.03. The molecule has 1 aliphatic rings. The number of nitrogens with one attached hydrogen (secondary N) is 1. The molecule has 1 atom stereocenters. The van der Waals surface area contributed by atoms with Crippen LogP contribution in [0.1, 0.15) is 43.0 Å². The van der Waals surface area contributed by atoms with Crippen LogP contribution in [0.5, 0.6) is 0 Å². The molecule has 7 heteroatoms. The van der Waals surface area contributed by atoms with E-state index in [-0.39, 0.29) is 10.5 Å². The number of hydrogen-bond acceptors (Lipinski definition) is 5. The summed E-state index contributed by atoms with van der Waals surface area (Å²) in [5.74, 6) is -0.550. The Morgan fingerprint density at radius 3 is 2.88 bits per heavy atom. The molecule has 1 aromatic rings. The van der Waals surface area contributed by atoms with Crippen molar-refractivity contribution in [2.75, 3.05) is 26.7 Å². The van der Waals surface area contributed by atoms with Gasteiger partial charge >= 0.3 is 5.97 Å². The maximum absolute atomic E-state index is 12.3. The first-order valence-electron chi connectivity index (χ1n) is 8.36. The summed E-state index contributed by atoms with van der Waals surface area (Å²) in [6, 6.07) is 6.45. The highest BCUT2D eigenvalue weighted by Gasteiger charge is 2.19. The van der Waals surface area contributed by atoms with Gasteiger partial charge in [0.15, 0.2) is 0 Å². The lowest BCUT2D eigenvalue weighted by molar-refractivity contribution is 0.0600. The van der Waals surface area contributed by atoms with Gasteiger partial charge in [0.25, 0.3) is 0 Å². The van der Waals surface area contributed by atoms with Gasteiger partial charge in [0.05, 0.1) is 17.6 Å². The molecule has 0 spiro atoms. The van der Waals surface area contributed by atoms with Crippen LogP contribution in [0.25, 0.3) is 0 Å².